The van der Waals surface area contributed by atoms with Gasteiger partial charge in [0.1, 0.15) is 0 Å². The lowest BCUT2D eigenvalue weighted by Crippen LogP contribution is -2.30. The molecule has 2 amide bonds. The van der Waals surface area contributed by atoms with Crippen LogP contribution >= 0.6 is 12.4 Å². The Morgan fingerprint density at radius 3 is 2.84 bits per heavy atom. The third kappa shape index (κ3) is 4.51. The van der Waals surface area contributed by atoms with Crippen LogP contribution in [0.1, 0.15) is 24.0 Å². The van der Waals surface area contributed by atoms with Gasteiger partial charge in [0.05, 0.1) is 0 Å². The molecule has 0 aromatic heterocycles. The summed E-state index contributed by atoms with van der Waals surface area (Å²) in [6, 6.07) is 13.2. The van der Waals surface area contributed by atoms with Gasteiger partial charge in [-0.2, -0.15) is 0 Å². The fourth-order valence-electron chi connectivity index (χ4n) is 2.94. The topological polar surface area (TPSA) is 84.2 Å². The number of rotatable bonds is 4. The van der Waals surface area contributed by atoms with E-state index in [1.807, 2.05) is 37.3 Å². The van der Waals surface area contributed by atoms with E-state index in [0.29, 0.717) is 24.9 Å². The highest BCUT2D eigenvalue weighted by atomic mass is 35.5. The summed E-state index contributed by atoms with van der Waals surface area (Å²) in [6.45, 7) is 1.92. The third-order valence-electron chi connectivity index (χ3n) is 4.37. The average Bonchev–Trinajstić information content (AvgIpc) is 2.56. The van der Waals surface area contributed by atoms with Crippen molar-refractivity contribution in [3.05, 3.63) is 53.6 Å². The summed E-state index contributed by atoms with van der Waals surface area (Å²) in [5.74, 6) is -0.287. The summed E-state index contributed by atoms with van der Waals surface area (Å²) in [4.78, 5) is 24.4. The number of hydrogen-bond donors (Lipinski definition) is 3. The first-order chi connectivity index (χ1) is 11.5. The number of carbonyl (C=O) groups excluding carboxylic acids is 2. The highest BCUT2D eigenvalue weighted by Crippen LogP contribution is 2.27. The number of carbonyl (C=O) groups is 2. The molecule has 5 nitrogen and oxygen atoms in total. The molecular formula is C19H22ClN3O2. The molecular weight excluding hydrogens is 338 g/mol. The molecule has 0 saturated carbocycles. The minimum Gasteiger partial charge on any atom is -0.399 e. The van der Waals surface area contributed by atoms with Gasteiger partial charge >= 0.3 is 0 Å². The van der Waals surface area contributed by atoms with Gasteiger partial charge in [-0.1, -0.05) is 24.3 Å². The first-order valence-electron chi connectivity index (χ1n) is 8.07. The van der Waals surface area contributed by atoms with Crippen molar-refractivity contribution in [2.24, 2.45) is 5.92 Å². The van der Waals surface area contributed by atoms with E-state index >= 15 is 0 Å². The van der Waals surface area contributed by atoms with Crippen molar-refractivity contribution in [2.75, 3.05) is 16.4 Å². The van der Waals surface area contributed by atoms with Gasteiger partial charge in [-0.25, -0.2) is 0 Å². The summed E-state index contributed by atoms with van der Waals surface area (Å²) >= 11 is 0. The fourth-order valence-corrected chi connectivity index (χ4v) is 2.94. The number of hydrogen-bond acceptors (Lipinski definition) is 3. The molecule has 0 fully saturated rings. The zero-order valence-electron chi connectivity index (χ0n) is 14.0. The molecule has 4 N–H and O–H groups in total. The van der Waals surface area contributed by atoms with Crippen molar-refractivity contribution in [1.29, 1.82) is 0 Å². The van der Waals surface area contributed by atoms with Crippen LogP contribution in [0.5, 0.6) is 0 Å². The number of anilines is 3. The van der Waals surface area contributed by atoms with E-state index in [9.17, 15) is 9.59 Å². The maximum atomic E-state index is 12.2. The van der Waals surface area contributed by atoms with Gasteiger partial charge in [0, 0.05) is 29.4 Å². The standard InChI is InChI=1S/C19H21N3O2.ClH/c1-12-6-8-15(20)11-17(12)21-18(23)9-7-14-10-13-4-2-3-5-16(13)22-19(14)24;/h2-6,8,11,14H,7,9-10,20H2,1H3,(H,21,23)(H,22,24);1H. The third-order valence-corrected chi connectivity index (χ3v) is 4.37. The lowest BCUT2D eigenvalue weighted by Gasteiger charge is -2.24. The Labute approximate surface area is 153 Å². The molecule has 2 aromatic rings. The molecule has 1 unspecified atom stereocenters. The van der Waals surface area contributed by atoms with Crippen LogP contribution < -0.4 is 16.4 Å². The molecule has 0 saturated heterocycles. The number of nitrogen functional groups attached to an aromatic ring is 1. The van der Waals surface area contributed by atoms with Crippen LogP contribution in [0.3, 0.4) is 0 Å². The van der Waals surface area contributed by atoms with Crippen LogP contribution in [-0.2, 0) is 16.0 Å². The van der Waals surface area contributed by atoms with Crippen molar-refractivity contribution < 1.29 is 9.59 Å². The lowest BCUT2D eigenvalue weighted by molar-refractivity contribution is -0.121. The van der Waals surface area contributed by atoms with Gasteiger partial charge in [-0.05, 0) is 49.1 Å². The number of para-hydroxylation sites is 1. The lowest BCUT2D eigenvalue weighted by atomic mass is 9.89. The monoisotopic (exact) mass is 359 g/mol. The SMILES string of the molecule is Cc1ccc(N)cc1NC(=O)CCC1Cc2ccccc2NC1=O.Cl. The van der Waals surface area contributed by atoms with E-state index in [4.69, 9.17) is 5.73 Å². The van der Waals surface area contributed by atoms with Crippen LogP contribution in [0.2, 0.25) is 0 Å². The second kappa shape index (κ2) is 8.03. The van der Waals surface area contributed by atoms with Crippen molar-refractivity contribution in [3.8, 4) is 0 Å². The predicted molar refractivity (Wildman–Crippen MR) is 103 cm³/mol. The number of benzene rings is 2. The molecule has 0 radical (unpaired) electrons. The Balaban J connectivity index is 0.00000225. The summed E-state index contributed by atoms with van der Waals surface area (Å²) in [7, 11) is 0. The largest absolute Gasteiger partial charge is 0.399 e. The van der Waals surface area contributed by atoms with Gasteiger partial charge in [0.15, 0.2) is 0 Å². The molecule has 1 aliphatic heterocycles. The second-order valence-corrected chi connectivity index (χ2v) is 6.21. The predicted octanol–water partition coefficient (Wildman–Crippen LogP) is 3.53. The Bertz CT molecular complexity index is 792. The Hall–Kier alpha value is -2.53. The van der Waals surface area contributed by atoms with Gasteiger partial charge in [-0.3, -0.25) is 9.59 Å². The second-order valence-electron chi connectivity index (χ2n) is 6.21. The molecule has 132 valence electrons. The van der Waals surface area contributed by atoms with Crippen molar-refractivity contribution in [1.82, 2.24) is 0 Å². The minimum atomic E-state index is -0.174. The van der Waals surface area contributed by atoms with Crippen LogP contribution in [0.25, 0.3) is 0 Å². The average molecular weight is 360 g/mol. The Morgan fingerprint density at radius 1 is 1.28 bits per heavy atom. The molecule has 0 spiro atoms. The van der Waals surface area contributed by atoms with Gasteiger partial charge < -0.3 is 16.4 Å². The van der Waals surface area contributed by atoms with Crippen LogP contribution in [-0.4, -0.2) is 11.8 Å². The summed E-state index contributed by atoms with van der Waals surface area (Å²) in [5, 5.41) is 5.79. The molecule has 1 aliphatic rings. The number of halogens is 1. The van der Waals surface area contributed by atoms with E-state index in [1.165, 1.54) is 0 Å². The van der Waals surface area contributed by atoms with Crippen LogP contribution in [0.15, 0.2) is 42.5 Å². The quantitative estimate of drug-likeness (QED) is 0.730. The molecule has 1 atom stereocenters. The minimum absolute atomic E-state index is 0. The molecule has 6 heteroatoms. The van der Waals surface area contributed by atoms with Crippen molar-refractivity contribution in [3.63, 3.8) is 0 Å². The molecule has 25 heavy (non-hydrogen) atoms. The molecule has 0 bridgehead atoms. The molecule has 3 rings (SSSR count). The highest BCUT2D eigenvalue weighted by Gasteiger charge is 2.26. The maximum Gasteiger partial charge on any atom is 0.227 e. The van der Waals surface area contributed by atoms with Crippen LogP contribution in [0.4, 0.5) is 17.1 Å². The van der Waals surface area contributed by atoms with Gasteiger partial charge in [0.2, 0.25) is 11.8 Å². The number of fused-ring (bicyclic) bond motifs is 1. The van der Waals surface area contributed by atoms with Crippen LogP contribution in [0, 0.1) is 12.8 Å². The molecule has 1 heterocycles. The fraction of sp³-hybridized carbons (Fsp3) is 0.263. The number of aryl methyl sites for hydroxylation is 1. The Kier molecular flexibility index (Phi) is 6.04. The van der Waals surface area contributed by atoms with E-state index in [2.05, 4.69) is 10.6 Å². The summed E-state index contributed by atoms with van der Waals surface area (Å²) in [5.41, 5.74) is 10.0. The smallest absolute Gasteiger partial charge is 0.227 e. The highest BCUT2D eigenvalue weighted by molar-refractivity contribution is 5.96. The zero-order chi connectivity index (χ0) is 17.1. The first-order valence-corrected chi connectivity index (χ1v) is 8.07. The normalized spacial score (nSPS) is 15.6. The first kappa shape index (κ1) is 18.8. The van der Waals surface area contributed by atoms with Crippen molar-refractivity contribution in [2.45, 2.75) is 26.2 Å². The summed E-state index contributed by atoms with van der Waals surface area (Å²) < 4.78 is 0. The van der Waals surface area contributed by atoms with Gasteiger partial charge in [-0.15, -0.1) is 12.4 Å². The zero-order valence-corrected chi connectivity index (χ0v) is 14.9. The van der Waals surface area contributed by atoms with Crippen molar-refractivity contribution >= 4 is 41.3 Å². The van der Waals surface area contributed by atoms with Gasteiger partial charge in [0.25, 0.3) is 0 Å². The van der Waals surface area contributed by atoms with E-state index in [-0.39, 0.29) is 30.1 Å². The van der Waals surface area contributed by atoms with E-state index in [0.717, 1.165) is 22.5 Å². The van der Waals surface area contributed by atoms with E-state index < -0.39 is 0 Å². The molecule has 2 aromatic carbocycles. The number of amides is 2. The molecule has 0 aliphatic carbocycles. The maximum absolute atomic E-state index is 12.2. The Morgan fingerprint density at radius 2 is 2.04 bits per heavy atom. The summed E-state index contributed by atoms with van der Waals surface area (Å²) in [6.07, 6.45) is 1.49. The number of nitrogens with one attached hydrogen (secondary N) is 2. The van der Waals surface area contributed by atoms with E-state index in [1.54, 1.807) is 12.1 Å². The number of nitrogens with two attached hydrogens (primary N) is 1.